The molecule has 2 amide bonds. The Morgan fingerprint density at radius 1 is 1.33 bits per heavy atom. The molecule has 128 valence electrons. The van der Waals surface area contributed by atoms with Crippen LogP contribution in [0.2, 0.25) is 0 Å². The Morgan fingerprint density at radius 3 is 2.67 bits per heavy atom. The summed E-state index contributed by atoms with van der Waals surface area (Å²) >= 11 is 1.20. The van der Waals surface area contributed by atoms with Crippen molar-refractivity contribution in [3.63, 3.8) is 0 Å². The Balaban J connectivity index is 2.00. The van der Waals surface area contributed by atoms with Gasteiger partial charge < -0.3 is 15.0 Å². The Kier molecular flexibility index (Phi) is 6.13. The topological polar surface area (TPSA) is 102 Å². The molecule has 1 N–H and O–H groups in total. The predicted octanol–water partition coefficient (Wildman–Crippen LogP) is -0.0326. The van der Waals surface area contributed by atoms with Crippen LogP contribution in [-0.4, -0.2) is 70.4 Å². The molecule has 0 aliphatic rings. The predicted molar refractivity (Wildman–Crippen MR) is 88.1 cm³/mol. The molecule has 0 fully saturated rings. The van der Waals surface area contributed by atoms with Crippen LogP contribution < -0.4 is 10.1 Å². The minimum Gasteiger partial charge on any atom is -0.497 e. The molecule has 1 heterocycles. The number of benzene rings is 1. The number of thioether (sulfide) groups is 1. The summed E-state index contributed by atoms with van der Waals surface area (Å²) in [5, 5.41) is 14.5. The zero-order valence-electron chi connectivity index (χ0n) is 13.6. The number of nitrogens with zero attached hydrogens (tertiary/aromatic N) is 5. The highest BCUT2D eigenvalue weighted by Crippen LogP contribution is 2.20. The SMILES string of the molecule is CNC(=O)CN(C)C(=O)CSc1nnnn1-c1ccc(OC)cc1. The van der Waals surface area contributed by atoms with E-state index in [0.29, 0.717) is 5.16 Å². The molecule has 9 nitrogen and oxygen atoms in total. The number of nitrogens with one attached hydrogen (secondary N) is 1. The number of likely N-dealkylation sites (N-methyl/N-ethyl adjacent to an activating group) is 2. The third-order valence-electron chi connectivity index (χ3n) is 3.17. The molecular formula is C14H18N6O3S. The molecule has 2 rings (SSSR count). The summed E-state index contributed by atoms with van der Waals surface area (Å²) < 4.78 is 6.65. The van der Waals surface area contributed by atoms with Gasteiger partial charge in [-0.25, -0.2) is 0 Å². The number of ether oxygens (including phenoxy) is 1. The number of carbonyl (C=O) groups excluding carboxylic acids is 2. The van der Waals surface area contributed by atoms with E-state index in [9.17, 15) is 9.59 Å². The number of tetrazole rings is 1. The van der Waals surface area contributed by atoms with Crippen LogP contribution in [0.3, 0.4) is 0 Å². The molecule has 1 aromatic carbocycles. The summed E-state index contributed by atoms with van der Waals surface area (Å²) in [5.74, 6) is 0.447. The quantitative estimate of drug-likeness (QED) is 0.699. The van der Waals surface area contributed by atoms with Crippen molar-refractivity contribution >= 4 is 23.6 Å². The Morgan fingerprint density at radius 2 is 2.04 bits per heavy atom. The lowest BCUT2D eigenvalue weighted by molar-refractivity contribution is -0.132. The summed E-state index contributed by atoms with van der Waals surface area (Å²) in [7, 11) is 4.69. The summed E-state index contributed by atoms with van der Waals surface area (Å²) in [6.45, 7) is 0.0132. The first kappa shape index (κ1) is 17.7. The lowest BCUT2D eigenvalue weighted by atomic mass is 10.3. The first-order chi connectivity index (χ1) is 11.5. The zero-order valence-corrected chi connectivity index (χ0v) is 14.4. The second-order valence-electron chi connectivity index (χ2n) is 4.78. The van der Waals surface area contributed by atoms with E-state index in [0.717, 1.165) is 11.4 Å². The second kappa shape index (κ2) is 8.29. The number of amides is 2. The summed E-state index contributed by atoms with van der Waals surface area (Å²) in [6, 6.07) is 7.24. The largest absolute Gasteiger partial charge is 0.497 e. The minimum atomic E-state index is -0.223. The van der Waals surface area contributed by atoms with Crippen LogP contribution in [0.1, 0.15) is 0 Å². The molecule has 0 aliphatic carbocycles. The van der Waals surface area contributed by atoms with E-state index in [2.05, 4.69) is 20.8 Å². The average molecular weight is 350 g/mol. The van der Waals surface area contributed by atoms with Crippen LogP contribution in [0.4, 0.5) is 0 Å². The maximum atomic E-state index is 12.1. The highest BCUT2D eigenvalue weighted by molar-refractivity contribution is 7.99. The minimum absolute atomic E-state index is 0.0132. The number of methoxy groups -OCH3 is 1. The highest BCUT2D eigenvalue weighted by atomic mass is 32.2. The molecular weight excluding hydrogens is 332 g/mol. The number of rotatable bonds is 7. The average Bonchev–Trinajstić information content (AvgIpc) is 3.08. The maximum Gasteiger partial charge on any atom is 0.239 e. The fourth-order valence-corrected chi connectivity index (χ4v) is 2.60. The third kappa shape index (κ3) is 4.44. The van der Waals surface area contributed by atoms with Crippen molar-refractivity contribution in [3.05, 3.63) is 24.3 Å². The van der Waals surface area contributed by atoms with Crippen LogP contribution in [0.25, 0.3) is 5.69 Å². The molecule has 0 atom stereocenters. The first-order valence-corrected chi connectivity index (χ1v) is 8.04. The number of carbonyl (C=O) groups is 2. The number of hydrogen-bond acceptors (Lipinski definition) is 7. The fourth-order valence-electron chi connectivity index (χ4n) is 1.77. The van der Waals surface area contributed by atoms with Crippen LogP contribution in [-0.2, 0) is 9.59 Å². The molecule has 0 saturated carbocycles. The number of hydrogen-bond donors (Lipinski definition) is 1. The van der Waals surface area contributed by atoms with E-state index >= 15 is 0 Å². The lowest BCUT2D eigenvalue weighted by Crippen LogP contribution is -2.37. The van der Waals surface area contributed by atoms with Gasteiger partial charge in [-0.3, -0.25) is 9.59 Å². The Bertz CT molecular complexity index is 703. The monoisotopic (exact) mass is 350 g/mol. The van der Waals surface area contributed by atoms with Crippen LogP contribution in [0.15, 0.2) is 29.4 Å². The van der Waals surface area contributed by atoms with E-state index in [1.165, 1.54) is 28.4 Å². The first-order valence-electron chi connectivity index (χ1n) is 7.05. The van der Waals surface area contributed by atoms with Gasteiger partial charge in [0.15, 0.2) is 0 Å². The van der Waals surface area contributed by atoms with Crippen molar-refractivity contribution in [3.8, 4) is 11.4 Å². The molecule has 2 aromatic rings. The molecule has 0 aliphatic heterocycles. The highest BCUT2D eigenvalue weighted by Gasteiger charge is 2.15. The van der Waals surface area contributed by atoms with Gasteiger partial charge in [-0.15, -0.1) is 5.10 Å². The molecule has 0 bridgehead atoms. The van der Waals surface area contributed by atoms with Crippen LogP contribution in [0, 0.1) is 0 Å². The van der Waals surface area contributed by atoms with Gasteiger partial charge in [0.25, 0.3) is 0 Å². The lowest BCUT2D eigenvalue weighted by Gasteiger charge is -2.15. The standard InChI is InChI=1S/C14H18N6O3S/c1-15-12(21)8-19(2)13(22)9-24-14-16-17-18-20(14)10-4-6-11(23-3)7-5-10/h4-7H,8-9H2,1-3H3,(H,15,21). The molecule has 0 spiro atoms. The van der Waals surface area contributed by atoms with E-state index in [1.807, 2.05) is 12.1 Å². The van der Waals surface area contributed by atoms with Crippen molar-refractivity contribution in [2.45, 2.75) is 5.16 Å². The smallest absolute Gasteiger partial charge is 0.239 e. The Labute approximate surface area is 143 Å². The van der Waals surface area contributed by atoms with E-state index in [-0.39, 0.29) is 24.1 Å². The number of aromatic nitrogens is 4. The van der Waals surface area contributed by atoms with E-state index in [4.69, 9.17) is 4.74 Å². The van der Waals surface area contributed by atoms with E-state index in [1.54, 1.807) is 26.3 Å². The molecule has 0 unspecified atom stereocenters. The van der Waals surface area contributed by atoms with Gasteiger partial charge in [-0.1, -0.05) is 11.8 Å². The van der Waals surface area contributed by atoms with Gasteiger partial charge in [0.2, 0.25) is 17.0 Å². The molecule has 0 saturated heterocycles. The van der Waals surface area contributed by atoms with Gasteiger partial charge in [-0.2, -0.15) is 4.68 Å². The summed E-state index contributed by atoms with van der Waals surface area (Å²) in [6.07, 6.45) is 0. The van der Waals surface area contributed by atoms with Crippen molar-refractivity contribution in [2.24, 2.45) is 0 Å². The van der Waals surface area contributed by atoms with Crippen molar-refractivity contribution in [1.29, 1.82) is 0 Å². The van der Waals surface area contributed by atoms with Crippen molar-refractivity contribution in [2.75, 3.05) is 33.5 Å². The van der Waals surface area contributed by atoms with Crippen molar-refractivity contribution < 1.29 is 14.3 Å². The van der Waals surface area contributed by atoms with Gasteiger partial charge in [0.1, 0.15) is 5.75 Å². The van der Waals surface area contributed by atoms with Gasteiger partial charge in [0.05, 0.1) is 25.1 Å². The normalized spacial score (nSPS) is 10.3. The van der Waals surface area contributed by atoms with Gasteiger partial charge in [-0.05, 0) is 34.7 Å². The van der Waals surface area contributed by atoms with Gasteiger partial charge in [0, 0.05) is 14.1 Å². The van der Waals surface area contributed by atoms with E-state index < -0.39 is 0 Å². The molecule has 0 radical (unpaired) electrons. The second-order valence-corrected chi connectivity index (χ2v) is 5.73. The Hall–Kier alpha value is -2.62. The molecule has 1 aromatic heterocycles. The molecule has 10 heteroatoms. The fraction of sp³-hybridized carbons (Fsp3) is 0.357. The molecule has 24 heavy (non-hydrogen) atoms. The maximum absolute atomic E-state index is 12.1. The van der Waals surface area contributed by atoms with Gasteiger partial charge >= 0.3 is 0 Å². The van der Waals surface area contributed by atoms with Crippen molar-refractivity contribution in [1.82, 2.24) is 30.4 Å². The summed E-state index contributed by atoms with van der Waals surface area (Å²) in [5.41, 5.74) is 0.759. The summed E-state index contributed by atoms with van der Waals surface area (Å²) in [4.78, 5) is 24.7. The third-order valence-corrected chi connectivity index (χ3v) is 4.07. The van der Waals surface area contributed by atoms with Crippen LogP contribution in [0.5, 0.6) is 5.75 Å². The van der Waals surface area contributed by atoms with Crippen LogP contribution >= 0.6 is 11.8 Å². The zero-order chi connectivity index (χ0) is 17.5.